The fraction of sp³-hybridized carbons (Fsp3) is 0.652. The van der Waals surface area contributed by atoms with Crippen LogP contribution in [0.2, 0.25) is 0 Å². The molecule has 0 heterocycles. The highest BCUT2D eigenvalue weighted by Gasteiger charge is 2.65. The van der Waals surface area contributed by atoms with Gasteiger partial charge < -0.3 is 24.8 Å². The Morgan fingerprint density at radius 2 is 1.83 bits per heavy atom. The zero-order valence-electron chi connectivity index (χ0n) is 18.4. The minimum atomic E-state index is -1.21. The lowest BCUT2D eigenvalue weighted by Crippen LogP contribution is -2.64. The minimum Gasteiger partial charge on any atom is -0.508 e. The lowest BCUT2D eigenvalue weighted by Gasteiger charge is -2.59. The molecule has 1 fully saturated rings. The van der Waals surface area contributed by atoms with E-state index >= 15 is 0 Å². The topological polar surface area (TPSA) is 113 Å². The van der Waals surface area contributed by atoms with E-state index in [-0.39, 0.29) is 11.7 Å². The molecule has 0 saturated heterocycles. The van der Waals surface area contributed by atoms with Gasteiger partial charge in [0.1, 0.15) is 18.0 Å². The third-order valence-electron chi connectivity index (χ3n) is 7.28. The first-order valence-corrected chi connectivity index (χ1v) is 10.4. The Morgan fingerprint density at radius 1 is 1.20 bits per heavy atom. The van der Waals surface area contributed by atoms with E-state index < -0.39 is 47.0 Å². The second-order valence-electron chi connectivity index (χ2n) is 9.40. The number of phenolic OH excluding ortho intramolecular Hbond substituents is 1. The molecule has 7 nitrogen and oxygen atoms in total. The van der Waals surface area contributed by atoms with Crippen LogP contribution in [0.5, 0.6) is 5.75 Å². The summed E-state index contributed by atoms with van der Waals surface area (Å²) in [6, 6.07) is 3.30. The van der Waals surface area contributed by atoms with Gasteiger partial charge in [-0.25, -0.2) is 0 Å². The molecule has 6 atom stereocenters. The summed E-state index contributed by atoms with van der Waals surface area (Å²) in [6.45, 7) is 8.64. The molecule has 0 aromatic heterocycles. The van der Waals surface area contributed by atoms with Gasteiger partial charge in [0.2, 0.25) is 0 Å². The number of benzene rings is 1. The van der Waals surface area contributed by atoms with Crippen LogP contribution in [0.15, 0.2) is 12.1 Å². The molecule has 0 spiro atoms. The Morgan fingerprint density at radius 3 is 2.37 bits per heavy atom. The molecule has 30 heavy (non-hydrogen) atoms. The number of carbonyl (C=O) groups is 2. The third kappa shape index (κ3) is 3.10. The van der Waals surface area contributed by atoms with Crippen LogP contribution in [0.4, 0.5) is 0 Å². The maximum absolute atomic E-state index is 12.9. The summed E-state index contributed by atoms with van der Waals surface area (Å²) in [5.74, 6) is -1.76. The van der Waals surface area contributed by atoms with E-state index in [1.54, 1.807) is 26.0 Å². The molecule has 1 saturated carbocycles. The second-order valence-corrected chi connectivity index (χ2v) is 9.40. The standard InChI is InChI=1S/C23H32O7/c1-11(2)13-9-14-15(10-16(13)25)23(5)17(26)7-8-22(4,21(28)29-6)20(23)19(18(14)27)30-12(3)24/h9-11,17-20,25-27H,7-8H2,1-6H3. The molecule has 2 aliphatic carbocycles. The van der Waals surface area contributed by atoms with Crippen molar-refractivity contribution in [2.45, 2.75) is 77.1 Å². The second kappa shape index (κ2) is 7.54. The van der Waals surface area contributed by atoms with Gasteiger partial charge in [-0.3, -0.25) is 9.59 Å². The Kier molecular flexibility index (Phi) is 5.67. The zero-order chi connectivity index (χ0) is 22.6. The number of ether oxygens (including phenoxy) is 2. The molecule has 0 radical (unpaired) electrons. The van der Waals surface area contributed by atoms with Crippen LogP contribution in [0, 0.1) is 11.3 Å². The van der Waals surface area contributed by atoms with Crippen LogP contribution in [0.1, 0.15) is 76.2 Å². The van der Waals surface area contributed by atoms with Gasteiger partial charge in [0.25, 0.3) is 0 Å². The van der Waals surface area contributed by atoms with E-state index in [4.69, 9.17) is 9.47 Å². The number of aliphatic hydroxyl groups is 2. The molecular formula is C23H32O7. The van der Waals surface area contributed by atoms with Crippen molar-refractivity contribution in [3.63, 3.8) is 0 Å². The number of hydrogen-bond donors (Lipinski definition) is 3. The number of rotatable bonds is 3. The van der Waals surface area contributed by atoms with Crippen molar-refractivity contribution >= 4 is 11.9 Å². The maximum Gasteiger partial charge on any atom is 0.311 e. The molecule has 0 amide bonds. The monoisotopic (exact) mass is 420 g/mol. The van der Waals surface area contributed by atoms with Crippen molar-refractivity contribution < 1.29 is 34.4 Å². The van der Waals surface area contributed by atoms with Crippen molar-refractivity contribution in [2.75, 3.05) is 7.11 Å². The van der Waals surface area contributed by atoms with Gasteiger partial charge >= 0.3 is 11.9 Å². The van der Waals surface area contributed by atoms with Crippen molar-refractivity contribution in [2.24, 2.45) is 11.3 Å². The minimum absolute atomic E-state index is 0.00295. The fourth-order valence-corrected chi connectivity index (χ4v) is 5.75. The van der Waals surface area contributed by atoms with Gasteiger partial charge in [-0.2, -0.15) is 0 Å². The average molecular weight is 421 g/mol. The Hall–Kier alpha value is -2.12. The Labute approximate surface area is 177 Å². The maximum atomic E-state index is 12.9. The van der Waals surface area contributed by atoms with E-state index in [2.05, 4.69) is 0 Å². The molecule has 1 aromatic carbocycles. The highest BCUT2D eigenvalue weighted by Crippen LogP contribution is 2.61. The van der Waals surface area contributed by atoms with E-state index in [1.165, 1.54) is 14.0 Å². The third-order valence-corrected chi connectivity index (χ3v) is 7.28. The first kappa shape index (κ1) is 22.6. The Bertz CT molecular complexity index is 863. The van der Waals surface area contributed by atoms with Crippen LogP contribution in [-0.4, -0.2) is 46.6 Å². The van der Waals surface area contributed by atoms with Crippen molar-refractivity contribution in [1.82, 2.24) is 0 Å². The number of aromatic hydroxyl groups is 1. The van der Waals surface area contributed by atoms with Gasteiger partial charge in [0, 0.05) is 18.3 Å². The van der Waals surface area contributed by atoms with Crippen molar-refractivity contribution in [3.05, 3.63) is 28.8 Å². The summed E-state index contributed by atoms with van der Waals surface area (Å²) in [6.07, 6.45) is -2.49. The summed E-state index contributed by atoms with van der Waals surface area (Å²) in [5, 5.41) is 33.1. The molecular weight excluding hydrogens is 388 g/mol. The number of hydrogen-bond acceptors (Lipinski definition) is 7. The average Bonchev–Trinajstić information content (AvgIpc) is 2.67. The van der Waals surface area contributed by atoms with Crippen LogP contribution in [0.25, 0.3) is 0 Å². The summed E-state index contributed by atoms with van der Waals surface area (Å²) in [4.78, 5) is 24.8. The smallest absolute Gasteiger partial charge is 0.311 e. The molecule has 1 aromatic rings. The number of aliphatic hydroxyl groups excluding tert-OH is 2. The largest absolute Gasteiger partial charge is 0.508 e. The summed E-state index contributed by atoms with van der Waals surface area (Å²) < 4.78 is 10.7. The molecule has 7 heteroatoms. The van der Waals surface area contributed by atoms with E-state index in [0.717, 1.165) is 0 Å². The molecule has 2 aliphatic rings. The number of esters is 2. The molecule has 6 unspecified atom stereocenters. The van der Waals surface area contributed by atoms with Crippen LogP contribution in [-0.2, 0) is 24.5 Å². The van der Waals surface area contributed by atoms with Gasteiger partial charge in [0.15, 0.2) is 0 Å². The van der Waals surface area contributed by atoms with E-state index in [9.17, 15) is 24.9 Å². The van der Waals surface area contributed by atoms with E-state index in [1.807, 2.05) is 13.8 Å². The lowest BCUT2D eigenvalue weighted by atomic mass is 9.47. The predicted octanol–water partition coefficient (Wildman–Crippen LogP) is 2.70. The first-order valence-electron chi connectivity index (χ1n) is 10.4. The van der Waals surface area contributed by atoms with E-state index in [0.29, 0.717) is 29.5 Å². The highest BCUT2D eigenvalue weighted by molar-refractivity contribution is 5.78. The van der Waals surface area contributed by atoms with Gasteiger partial charge in [-0.15, -0.1) is 0 Å². The van der Waals surface area contributed by atoms with Crippen LogP contribution >= 0.6 is 0 Å². The van der Waals surface area contributed by atoms with Crippen LogP contribution < -0.4 is 0 Å². The number of carbonyl (C=O) groups excluding carboxylic acids is 2. The zero-order valence-corrected chi connectivity index (χ0v) is 18.4. The Balaban J connectivity index is 2.34. The molecule has 0 aliphatic heterocycles. The van der Waals surface area contributed by atoms with Gasteiger partial charge in [-0.05, 0) is 54.5 Å². The lowest BCUT2D eigenvalue weighted by molar-refractivity contribution is -0.199. The summed E-state index contributed by atoms with van der Waals surface area (Å²) >= 11 is 0. The molecule has 3 rings (SSSR count). The number of phenols is 1. The molecule has 166 valence electrons. The summed E-state index contributed by atoms with van der Waals surface area (Å²) in [7, 11) is 1.30. The normalized spacial score (nSPS) is 35.4. The fourth-order valence-electron chi connectivity index (χ4n) is 5.75. The highest BCUT2D eigenvalue weighted by atomic mass is 16.6. The number of fused-ring (bicyclic) bond motifs is 3. The first-order chi connectivity index (χ1) is 13.9. The van der Waals surface area contributed by atoms with Gasteiger partial charge in [-0.1, -0.05) is 20.8 Å². The summed E-state index contributed by atoms with van der Waals surface area (Å²) in [5.41, 5.74) is -0.448. The van der Waals surface area contributed by atoms with Crippen molar-refractivity contribution in [1.29, 1.82) is 0 Å². The van der Waals surface area contributed by atoms with Crippen LogP contribution in [0.3, 0.4) is 0 Å². The molecule has 3 N–H and O–H groups in total. The predicted molar refractivity (Wildman–Crippen MR) is 109 cm³/mol. The quantitative estimate of drug-likeness (QED) is 0.644. The SMILES string of the molecule is COC(=O)C1(C)CCC(O)C2(C)c3cc(O)c(C(C)C)cc3C(O)C(OC(C)=O)C12. The molecule has 0 bridgehead atoms. The number of methoxy groups -OCH3 is 1. The van der Waals surface area contributed by atoms with Crippen molar-refractivity contribution in [3.8, 4) is 5.75 Å². The van der Waals surface area contributed by atoms with Gasteiger partial charge in [0.05, 0.1) is 18.6 Å².